The van der Waals surface area contributed by atoms with Gasteiger partial charge in [0.05, 0.1) is 6.21 Å². The van der Waals surface area contributed by atoms with E-state index < -0.39 is 5.56 Å². The predicted molar refractivity (Wildman–Crippen MR) is 67.8 cm³/mol. The highest BCUT2D eigenvalue weighted by Gasteiger charge is 2.00. The number of nitrogens with zero attached hydrogens (tertiary/aromatic N) is 3. The van der Waals surface area contributed by atoms with Gasteiger partial charge in [-0.15, -0.1) is 0 Å². The van der Waals surface area contributed by atoms with Gasteiger partial charge >= 0.3 is 0 Å². The van der Waals surface area contributed by atoms with E-state index in [4.69, 9.17) is 12.2 Å². The van der Waals surface area contributed by atoms with Crippen molar-refractivity contribution in [2.45, 2.75) is 6.92 Å². The summed E-state index contributed by atoms with van der Waals surface area (Å²) in [7, 11) is 0. The maximum absolute atomic E-state index is 12.7. The first kappa shape index (κ1) is 12.3. The molecule has 2 rings (SSSR count). The zero-order valence-electron chi connectivity index (χ0n) is 9.42. The Balaban J connectivity index is 2.41. The van der Waals surface area contributed by atoms with Crippen LogP contribution < -0.4 is 5.56 Å². The summed E-state index contributed by atoms with van der Waals surface area (Å²) in [6.45, 7) is 1.55. The summed E-state index contributed by atoms with van der Waals surface area (Å²) in [6.07, 6.45) is 1.42. The van der Waals surface area contributed by atoms with Gasteiger partial charge in [0.25, 0.3) is 5.56 Å². The molecular formula is C11H9FN4OS. The second-order valence-corrected chi connectivity index (χ2v) is 3.91. The second kappa shape index (κ2) is 5.01. The number of aromatic amines is 1. The number of H-pyrrole nitrogens is 1. The summed E-state index contributed by atoms with van der Waals surface area (Å²) in [5, 5.41) is 10.2. The lowest BCUT2D eigenvalue weighted by Gasteiger charge is -1.98. The highest BCUT2D eigenvalue weighted by atomic mass is 32.1. The molecule has 0 bridgehead atoms. The Hall–Kier alpha value is -2.15. The van der Waals surface area contributed by atoms with E-state index in [1.54, 1.807) is 19.1 Å². The van der Waals surface area contributed by atoms with Crippen LogP contribution in [0, 0.1) is 17.5 Å². The van der Waals surface area contributed by atoms with E-state index in [1.165, 1.54) is 18.3 Å². The van der Waals surface area contributed by atoms with E-state index in [0.29, 0.717) is 5.56 Å². The van der Waals surface area contributed by atoms with Gasteiger partial charge in [0, 0.05) is 0 Å². The highest BCUT2D eigenvalue weighted by molar-refractivity contribution is 7.71. The quantitative estimate of drug-likeness (QED) is 0.662. The van der Waals surface area contributed by atoms with Gasteiger partial charge in [-0.3, -0.25) is 9.89 Å². The third-order valence-corrected chi connectivity index (χ3v) is 2.47. The van der Waals surface area contributed by atoms with Crippen molar-refractivity contribution in [3.05, 3.63) is 56.5 Å². The minimum Gasteiger partial charge on any atom is -0.265 e. The molecule has 0 atom stereocenters. The number of benzene rings is 1. The molecule has 7 heteroatoms. The molecule has 1 heterocycles. The van der Waals surface area contributed by atoms with Crippen LogP contribution in [0.1, 0.15) is 11.3 Å². The van der Waals surface area contributed by atoms with Gasteiger partial charge in [0.2, 0.25) is 4.77 Å². The normalized spacial score (nSPS) is 11.0. The highest BCUT2D eigenvalue weighted by Crippen LogP contribution is 1.99. The van der Waals surface area contributed by atoms with Crippen LogP contribution >= 0.6 is 12.2 Å². The predicted octanol–water partition coefficient (Wildman–Crippen LogP) is 1.63. The zero-order valence-corrected chi connectivity index (χ0v) is 10.2. The number of halogens is 1. The van der Waals surface area contributed by atoms with Crippen LogP contribution in [0.25, 0.3) is 0 Å². The molecule has 5 nitrogen and oxygen atoms in total. The van der Waals surface area contributed by atoms with E-state index >= 15 is 0 Å². The lowest BCUT2D eigenvalue weighted by Crippen LogP contribution is -2.22. The third-order valence-electron chi connectivity index (χ3n) is 2.21. The van der Waals surface area contributed by atoms with Crippen LogP contribution in [0.2, 0.25) is 0 Å². The van der Waals surface area contributed by atoms with E-state index in [9.17, 15) is 9.18 Å². The molecule has 0 unspecified atom stereocenters. The molecule has 0 aliphatic carbocycles. The number of hydrogen-bond acceptors (Lipinski definition) is 4. The van der Waals surface area contributed by atoms with Crippen molar-refractivity contribution < 1.29 is 4.39 Å². The second-order valence-electron chi connectivity index (χ2n) is 3.53. The monoisotopic (exact) mass is 264 g/mol. The topological polar surface area (TPSA) is 63.0 Å². The number of rotatable bonds is 2. The number of aromatic nitrogens is 3. The summed E-state index contributed by atoms with van der Waals surface area (Å²) in [6, 6.07) is 5.71. The Morgan fingerprint density at radius 1 is 1.44 bits per heavy atom. The van der Waals surface area contributed by atoms with Gasteiger partial charge in [-0.1, -0.05) is 12.1 Å². The number of hydrogen-bond donors (Lipinski definition) is 1. The van der Waals surface area contributed by atoms with Crippen LogP contribution in [0.5, 0.6) is 0 Å². The Kier molecular flexibility index (Phi) is 3.42. The maximum Gasteiger partial charge on any atom is 0.296 e. The minimum atomic E-state index is -0.392. The Morgan fingerprint density at radius 2 is 2.11 bits per heavy atom. The van der Waals surface area contributed by atoms with Crippen molar-refractivity contribution in [1.82, 2.24) is 14.9 Å². The molecule has 0 saturated carbocycles. The fourth-order valence-electron chi connectivity index (χ4n) is 1.25. The Morgan fingerprint density at radius 3 is 2.78 bits per heavy atom. The summed E-state index contributed by atoms with van der Waals surface area (Å²) in [5.74, 6) is -0.332. The lowest BCUT2D eigenvalue weighted by molar-refractivity contribution is 0.628. The first-order chi connectivity index (χ1) is 8.58. The molecule has 0 saturated heterocycles. The zero-order chi connectivity index (χ0) is 13.1. The van der Waals surface area contributed by atoms with Crippen LogP contribution in [0.3, 0.4) is 0 Å². The van der Waals surface area contributed by atoms with Crippen molar-refractivity contribution in [1.29, 1.82) is 0 Å². The van der Waals surface area contributed by atoms with Crippen molar-refractivity contribution in [3.63, 3.8) is 0 Å². The molecule has 1 aromatic heterocycles. The first-order valence-electron chi connectivity index (χ1n) is 5.06. The fraction of sp³-hybridized carbons (Fsp3) is 0.0909. The fourth-order valence-corrected chi connectivity index (χ4v) is 1.43. The molecule has 0 spiro atoms. The number of nitrogens with one attached hydrogen (secondary N) is 1. The largest absolute Gasteiger partial charge is 0.296 e. The van der Waals surface area contributed by atoms with Crippen molar-refractivity contribution in [2.75, 3.05) is 0 Å². The molecule has 0 aliphatic heterocycles. The molecular weight excluding hydrogens is 255 g/mol. The Labute approximate surface area is 107 Å². The van der Waals surface area contributed by atoms with Gasteiger partial charge in [0.1, 0.15) is 11.5 Å². The van der Waals surface area contributed by atoms with Crippen molar-refractivity contribution >= 4 is 18.4 Å². The molecule has 0 fully saturated rings. The molecule has 18 heavy (non-hydrogen) atoms. The van der Waals surface area contributed by atoms with Crippen LogP contribution in [0.4, 0.5) is 4.39 Å². The molecule has 0 radical (unpaired) electrons. The summed E-state index contributed by atoms with van der Waals surface area (Å²) in [5.41, 5.74) is 0.532. The summed E-state index contributed by atoms with van der Waals surface area (Å²) in [4.78, 5) is 11.7. The van der Waals surface area contributed by atoms with Crippen LogP contribution in [-0.2, 0) is 0 Å². The van der Waals surface area contributed by atoms with Gasteiger partial charge in [-0.05, 0) is 36.8 Å². The SMILES string of the molecule is Cc1n[nH]c(=S)n(/N=C\c2ccc(F)cc2)c1=O. The minimum absolute atomic E-state index is 0.101. The van der Waals surface area contributed by atoms with E-state index in [-0.39, 0.29) is 16.3 Å². The third kappa shape index (κ3) is 2.57. The van der Waals surface area contributed by atoms with Gasteiger partial charge in [-0.2, -0.15) is 14.9 Å². The van der Waals surface area contributed by atoms with Crippen LogP contribution in [0.15, 0.2) is 34.2 Å². The van der Waals surface area contributed by atoms with Crippen LogP contribution in [-0.4, -0.2) is 21.1 Å². The summed E-state index contributed by atoms with van der Waals surface area (Å²) >= 11 is 4.91. The average molecular weight is 264 g/mol. The standard InChI is InChI=1S/C11H9FN4OS/c1-7-10(17)16(11(18)15-14-7)13-6-8-2-4-9(12)5-3-8/h2-6H,1H3,(H,15,18)/b13-6-. The Bertz CT molecular complexity index is 702. The molecule has 1 aromatic carbocycles. The first-order valence-corrected chi connectivity index (χ1v) is 5.47. The summed E-state index contributed by atoms with van der Waals surface area (Å²) < 4.78 is 13.8. The smallest absolute Gasteiger partial charge is 0.265 e. The molecule has 0 aliphatic rings. The van der Waals surface area contributed by atoms with Crippen molar-refractivity contribution in [2.24, 2.45) is 5.10 Å². The molecule has 0 amide bonds. The van der Waals surface area contributed by atoms with Gasteiger partial charge < -0.3 is 0 Å². The lowest BCUT2D eigenvalue weighted by atomic mass is 10.2. The van der Waals surface area contributed by atoms with E-state index in [0.717, 1.165) is 4.68 Å². The molecule has 1 N–H and O–H groups in total. The number of aryl methyl sites for hydroxylation is 1. The van der Waals surface area contributed by atoms with E-state index in [1.807, 2.05) is 0 Å². The van der Waals surface area contributed by atoms with Crippen molar-refractivity contribution in [3.8, 4) is 0 Å². The average Bonchev–Trinajstić information content (AvgIpc) is 2.36. The van der Waals surface area contributed by atoms with Gasteiger partial charge in [0.15, 0.2) is 0 Å². The van der Waals surface area contributed by atoms with Gasteiger partial charge in [-0.25, -0.2) is 4.39 Å². The maximum atomic E-state index is 12.7. The molecule has 92 valence electrons. The van der Waals surface area contributed by atoms with E-state index in [2.05, 4.69) is 15.3 Å². The molecule has 2 aromatic rings.